The first kappa shape index (κ1) is 6.66. The zero-order valence-electron chi connectivity index (χ0n) is 6.89. The molecule has 10 heavy (non-hydrogen) atoms. The number of ether oxygens (including phenoxy) is 1. The van der Waals surface area contributed by atoms with Crippen molar-refractivity contribution in [2.45, 2.75) is 26.7 Å². The molecular weight excluding hydrogens is 124 g/mol. The van der Waals surface area contributed by atoms with Gasteiger partial charge in [0, 0.05) is 5.41 Å². The molecule has 0 radical (unpaired) electrons. The molecule has 1 atom stereocenters. The molecule has 1 aliphatic heterocycles. The minimum atomic E-state index is 0.661. The Balaban J connectivity index is 1.99. The normalized spacial score (nSPS) is 35.7. The molecule has 0 bridgehead atoms. The van der Waals surface area contributed by atoms with Gasteiger partial charge in [0.25, 0.3) is 0 Å². The van der Waals surface area contributed by atoms with Crippen LogP contribution in [0.3, 0.4) is 0 Å². The van der Waals surface area contributed by atoms with Crippen LogP contribution >= 0.6 is 0 Å². The van der Waals surface area contributed by atoms with Gasteiger partial charge in [0.15, 0.2) is 0 Å². The summed E-state index contributed by atoms with van der Waals surface area (Å²) >= 11 is 0. The molecule has 1 heterocycles. The third kappa shape index (κ3) is 0.672. The van der Waals surface area contributed by atoms with E-state index in [-0.39, 0.29) is 0 Å². The van der Waals surface area contributed by atoms with Crippen molar-refractivity contribution in [1.82, 2.24) is 0 Å². The van der Waals surface area contributed by atoms with Crippen molar-refractivity contribution >= 4 is 0 Å². The molecule has 0 aromatic heterocycles. The Labute approximate surface area is 62.8 Å². The molecule has 0 aromatic carbocycles. The van der Waals surface area contributed by atoms with Gasteiger partial charge in [-0.2, -0.15) is 0 Å². The Morgan fingerprint density at radius 2 is 2.10 bits per heavy atom. The predicted molar refractivity (Wildman–Crippen MR) is 40.8 cm³/mol. The average molecular weight is 140 g/mol. The lowest BCUT2D eigenvalue weighted by atomic mass is 9.55. The van der Waals surface area contributed by atoms with Gasteiger partial charge >= 0.3 is 0 Å². The van der Waals surface area contributed by atoms with Gasteiger partial charge in [-0.1, -0.05) is 13.8 Å². The van der Waals surface area contributed by atoms with Crippen molar-refractivity contribution in [3.05, 3.63) is 0 Å². The molecule has 2 rings (SSSR count). The van der Waals surface area contributed by atoms with Gasteiger partial charge in [-0.3, -0.25) is 0 Å². The van der Waals surface area contributed by atoms with Crippen LogP contribution in [0, 0.1) is 17.3 Å². The van der Waals surface area contributed by atoms with Crippen LogP contribution in [0.25, 0.3) is 0 Å². The fraction of sp³-hybridized carbons (Fsp3) is 1.00. The van der Waals surface area contributed by atoms with Crippen LogP contribution in [0.5, 0.6) is 0 Å². The topological polar surface area (TPSA) is 9.23 Å². The summed E-state index contributed by atoms with van der Waals surface area (Å²) in [7, 11) is 0. The van der Waals surface area contributed by atoms with Crippen LogP contribution in [0.1, 0.15) is 26.7 Å². The monoisotopic (exact) mass is 140 g/mol. The van der Waals surface area contributed by atoms with Gasteiger partial charge < -0.3 is 4.74 Å². The quantitative estimate of drug-likeness (QED) is 0.541. The van der Waals surface area contributed by atoms with E-state index in [1.807, 2.05) is 0 Å². The third-order valence-electron chi connectivity index (χ3n) is 3.32. The maximum absolute atomic E-state index is 5.26. The summed E-state index contributed by atoms with van der Waals surface area (Å²) in [5.74, 6) is 1.85. The first-order valence-corrected chi connectivity index (χ1v) is 4.32. The molecule has 2 fully saturated rings. The van der Waals surface area contributed by atoms with E-state index >= 15 is 0 Å². The highest BCUT2D eigenvalue weighted by molar-refractivity contribution is 5.00. The van der Waals surface area contributed by atoms with E-state index in [2.05, 4.69) is 13.8 Å². The highest BCUT2D eigenvalue weighted by Crippen LogP contribution is 2.54. The lowest BCUT2D eigenvalue weighted by molar-refractivity contribution is -0.205. The van der Waals surface area contributed by atoms with Crippen molar-refractivity contribution in [3.8, 4) is 0 Å². The van der Waals surface area contributed by atoms with Gasteiger partial charge in [-0.25, -0.2) is 0 Å². The maximum Gasteiger partial charge on any atom is 0.0547 e. The smallest absolute Gasteiger partial charge is 0.0547 e. The highest BCUT2D eigenvalue weighted by Gasteiger charge is 2.52. The van der Waals surface area contributed by atoms with Crippen LogP contribution in [0.4, 0.5) is 0 Å². The van der Waals surface area contributed by atoms with Crippen LogP contribution < -0.4 is 0 Å². The lowest BCUT2D eigenvalue weighted by Gasteiger charge is -2.57. The maximum atomic E-state index is 5.26. The van der Waals surface area contributed by atoms with Crippen molar-refractivity contribution < 1.29 is 4.74 Å². The van der Waals surface area contributed by atoms with Crippen LogP contribution in [0.2, 0.25) is 0 Å². The minimum Gasteiger partial charge on any atom is -0.380 e. The Bertz CT molecular complexity index is 130. The number of rotatable bonds is 1. The fourth-order valence-corrected chi connectivity index (χ4v) is 2.48. The second-order valence-electron chi connectivity index (χ2n) is 4.24. The van der Waals surface area contributed by atoms with Gasteiger partial charge in [-0.15, -0.1) is 0 Å². The molecule has 1 saturated carbocycles. The van der Waals surface area contributed by atoms with Gasteiger partial charge in [0.05, 0.1) is 13.2 Å². The largest absolute Gasteiger partial charge is 0.380 e. The summed E-state index contributed by atoms with van der Waals surface area (Å²) in [4.78, 5) is 0. The minimum absolute atomic E-state index is 0.661. The van der Waals surface area contributed by atoms with Crippen molar-refractivity contribution in [2.75, 3.05) is 13.2 Å². The zero-order valence-corrected chi connectivity index (χ0v) is 6.89. The fourth-order valence-electron chi connectivity index (χ4n) is 2.48. The van der Waals surface area contributed by atoms with Crippen molar-refractivity contribution in [2.24, 2.45) is 17.3 Å². The molecule has 0 amide bonds. The molecule has 1 aliphatic carbocycles. The first-order valence-electron chi connectivity index (χ1n) is 4.32. The van der Waals surface area contributed by atoms with E-state index in [0.29, 0.717) is 5.41 Å². The molecule has 1 spiro atoms. The Morgan fingerprint density at radius 3 is 2.20 bits per heavy atom. The SMILES string of the molecule is CC(C)[C@H]1CCC12COC2. The zero-order chi connectivity index (χ0) is 7.19. The Morgan fingerprint density at radius 1 is 1.40 bits per heavy atom. The molecule has 1 heteroatoms. The van der Waals surface area contributed by atoms with E-state index in [4.69, 9.17) is 4.74 Å². The van der Waals surface area contributed by atoms with E-state index in [9.17, 15) is 0 Å². The van der Waals surface area contributed by atoms with Crippen LogP contribution in [-0.4, -0.2) is 13.2 Å². The van der Waals surface area contributed by atoms with Crippen molar-refractivity contribution in [3.63, 3.8) is 0 Å². The molecule has 0 aromatic rings. The first-order chi connectivity index (χ1) is 4.75. The molecule has 2 aliphatic rings. The second-order valence-corrected chi connectivity index (χ2v) is 4.24. The highest BCUT2D eigenvalue weighted by atomic mass is 16.5. The van der Waals surface area contributed by atoms with Crippen molar-refractivity contribution in [1.29, 1.82) is 0 Å². The van der Waals surface area contributed by atoms with Gasteiger partial charge in [0.2, 0.25) is 0 Å². The summed E-state index contributed by atoms with van der Waals surface area (Å²) < 4.78 is 5.26. The summed E-state index contributed by atoms with van der Waals surface area (Å²) in [5.41, 5.74) is 0.661. The average Bonchev–Trinajstić information content (AvgIpc) is 1.53. The Hall–Kier alpha value is -0.0400. The number of hydrogen-bond acceptors (Lipinski definition) is 1. The molecule has 58 valence electrons. The second kappa shape index (κ2) is 1.97. The molecule has 0 N–H and O–H groups in total. The van der Waals surface area contributed by atoms with Gasteiger partial charge in [-0.05, 0) is 24.7 Å². The molecule has 0 unspecified atom stereocenters. The summed E-state index contributed by atoms with van der Waals surface area (Å²) in [5, 5.41) is 0. The molecular formula is C9H16O. The number of hydrogen-bond donors (Lipinski definition) is 0. The summed E-state index contributed by atoms with van der Waals surface area (Å²) in [6.07, 6.45) is 2.87. The van der Waals surface area contributed by atoms with Crippen LogP contribution in [-0.2, 0) is 4.74 Å². The van der Waals surface area contributed by atoms with Crippen LogP contribution in [0.15, 0.2) is 0 Å². The van der Waals surface area contributed by atoms with E-state index in [1.165, 1.54) is 12.8 Å². The molecule has 1 nitrogen and oxygen atoms in total. The van der Waals surface area contributed by atoms with E-state index < -0.39 is 0 Å². The van der Waals surface area contributed by atoms with E-state index in [1.54, 1.807) is 0 Å². The third-order valence-corrected chi connectivity index (χ3v) is 3.32. The van der Waals surface area contributed by atoms with E-state index in [0.717, 1.165) is 25.0 Å². The van der Waals surface area contributed by atoms with Gasteiger partial charge in [0.1, 0.15) is 0 Å². The predicted octanol–water partition coefficient (Wildman–Crippen LogP) is 2.07. The lowest BCUT2D eigenvalue weighted by Crippen LogP contribution is -2.56. The summed E-state index contributed by atoms with van der Waals surface area (Å²) in [6.45, 7) is 6.78. The summed E-state index contributed by atoms with van der Waals surface area (Å²) in [6, 6.07) is 0. The standard InChI is InChI=1S/C9H16O/c1-7(2)8-3-4-9(8)5-10-6-9/h7-8H,3-6H2,1-2H3/t8-/m1/s1. The molecule has 1 saturated heterocycles. The Kier molecular flexibility index (Phi) is 1.31.